The van der Waals surface area contributed by atoms with E-state index in [1.165, 1.54) is 0 Å². The Hall–Kier alpha value is -1.66. The molecule has 0 saturated carbocycles. The van der Waals surface area contributed by atoms with Crippen molar-refractivity contribution < 1.29 is 9.90 Å². The largest absolute Gasteiger partial charge is 0.396 e. The van der Waals surface area contributed by atoms with E-state index in [4.69, 9.17) is 0 Å². The van der Waals surface area contributed by atoms with Crippen molar-refractivity contribution >= 4 is 6.03 Å². The van der Waals surface area contributed by atoms with Gasteiger partial charge < -0.3 is 15.3 Å². The molecule has 3 heterocycles. The highest BCUT2D eigenvalue weighted by molar-refractivity contribution is 5.75. The van der Waals surface area contributed by atoms with E-state index in [2.05, 4.69) is 21.3 Å². The maximum atomic E-state index is 12.6. The van der Waals surface area contributed by atoms with Gasteiger partial charge in [0, 0.05) is 51.1 Å². The van der Waals surface area contributed by atoms with Crippen LogP contribution in [0, 0.1) is 0 Å². The SMILES string of the molecule is O=C(NC1CCN(Cc2ccccn2)CC1)N1CCCCC1CCO. The predicted octanol–water partition coefficient (Wildman–Crippen LogP) is 1.99. The molecular formula is C19H30N4O2. The highest BCUT2D eigenvalue weighted by atomic mass is 16.3. The van der Waals surface area contributed by atoms with Crippen molar-refractivity contribution in [2.24, 2.45) is 0 Å². The van der Waals surface area contributed by atoms with Crippen LogP contribution >= 0.6 is 0 Å². The van der Waals surface area contributed by atoms with Gasteiger partial charge in [-0.2, -0.15) is 0 Å². The Morgan fingerprint density at radius 1 is 1.20 bits per heavy atom. The second-order valence-electron chi connectivity index (χ2n) is 7.18. The number of carbonyl (C=O) groups excluding carboxylic acids is 1. The van der Waals surface area contributed by atoms with Crippen LogP contribution in [0.3, 0.4) is 0 Å². The number of pyridine rings is 1. The van der Waals surface area contributed by atoms with Gasteiger partial charge in [-0.25, -0.2) is 4.79 Å². The molecule has 2 amide bonds. The Labute approximate surface area is 150 Å². The van der Waals surface area contributed by atoms with Crippen molar-refractivity contribution in [1.29, 1.82) is 0 Å². The molecule has 2 N–H and O–H groups in total. The molecule has 1 atom stereocenters. The van der Waals surface area contributed by atoms with Crippen LogP contribution in [0.4, 0.5) is 4.79 Å². The Morgan fingerprint density at radius 2 is 2.04 bits per heavy atom. The zero-order chi connectivity index (χ0) is 17.5. The Kier molecular flexibility index (Phi) is 6.64. The molecule has 3 rings (SSSR count). The fourth-order valence-corrected chi connectivity index (χ4v) is 3.93. The molecule has 6 nitrogen and oxygen atoms in total. The molecule has 0 bridgehead atoms. The minimum atomic E-state index is 0.0568. The smallest absolute Gasteiger partial charge is 0.317 e. The molecule has 0 aromatic carbocycles. The molecular weight excluding hydrogens is 316 g/mol. The summed E-state index contributed by atoms with van der Waals surface area (Å²) in [4.78, 5) is 21.4. The van der Waals surface area contributed by atoms with Gasteiger partial charge in [0.1, 0.15) is 0 Å². The number of piperidine rings is 2. The molecule has 0 radical (unpaired) electrons. The first-order valence-corrected chi connectivity index (χ1v) is 9.56. The van der Waals surface area contributed by atoms with Crippen molar-refractivity contribution in [1.82, 2.24) is 20.1 Å². The van der Waals surface area contributed by atoms with Crippen LogP contribution in [0.5, 0.6) is 0 Å². The van der Waals surface area contributed by atoms with Crippen molar-refractivity contribution in [3.8, 4) is 0 Å². The first-order chi connectivity index (χ1) is 12.3. The number of rotatable bonds is 5. The zero-order valence-electron chi connectivity index (χ0n) is 14.9. The fraction of sp³-hybridized carbons (Fsp3) is 0.684. The normalized spacial score (nSPS) is 22.8. The second-order valence-corrected chi connectivity index (χ2v) is 7.18. The van der Waals surface area contributed by atoms with Crippen LogP contribution < -0.4 is 5.32 Å². The van der Waals surface area contributed by atoms with E-state index >= 15 is 0 Å². The van der Waals surface area contributed by atoms with E-state index in [0.717, 1.165) is 64.0 Å². The van der Waals surface area contributed by atoms with Crippen molar-refractivity contribution in [2.45, 2.75) is 57.2 Å². The first kappa shape index (κ1) is 18.1. The number of hydrogen-bond acceptors (Lipinski definition) is 4. The highest BCUT2D eigenvalue weighted by Gasteiger charge is 2.28. The number of amides is 2. The summed E-state index contributed by atoms with van der Waals surface area (Å²) in [7, 11) is 0. The van der Waals surface area contributed by atoms with Crippen molar-refractivity contribution in [3.05, 3.63) is 30.1 Å². The van der Waals surface area contributed by atoms with E-state index in [1.807, 2.05) is 23.2 Å². The van der Waals surface area contributed by atoms with Gasteiger partial charge in [0.05, 0.1) is 5.69 Å². The molecule has 0 spiro atoms. The summed E-state index contributed by atoms with van der Waals surface area (Å²) in [6.45, 7) is 3.82. The summed E-state index contributed by atoms with van der Waals surface area (Å²) in [5, 5.41) is 12.4. The number of aliphatic hydroxyl groups excluding tert-OH is 1. The van der Waals surface area contributed by atoms with Gasteiger partial charge in [-0.15, -0.1) is 0 Å². The lowest BCUT2D eigenvalue weighted by atomic mass is 10.00. The summed E-state index contributed by atoms with van der Waals surface area (Å²) in [6, 6.07) is 6.53. The molecule has 138 valence electrons. The monoisotopic (exact) mass is 346 g/mol. The number of urea groups is 1. The third-order valence-electron chi connectivity index (χ3n) is 5.38. The highest BCUT2D eigenvalue weighted by Crippen LogP contribution is 2.20. The number of carbonyl (C=O) groups is 1. The van der Waals surface area contributed by atoms with E-state index in [0.29, 0.717) is 6.42 Å². The molecule has 6 heteroatoms. The number of likely N-dealkylation sites (tertiary alicyclic amines) is 2. The third kappa shape index (κ3) is 5.16. The number of nitrogens with zero attached hydrogens (tertiary/aromatic N) is 3. The van der Waals surface area contributed by atoms with Gasteiger partial charge in [-0.1, -0.05) is 6.07 Å². The predicted molar refractivity (Wildman–Crippen MR) is 97.1 cm³/mol. The molecule has 1 aromatic heterocycles. The lowest BCUT2D eigenvalue weighted by Gasteiger charge is -2.38. The number of aliphatic hydroxyl groups is 1. The maximum absolute atomic E-state index is 12.6. The average molecular weight is 346 g/mol. The average Bonchev–Trinajstić information content (AvgIpc) is 2.65. The molecule has 2 aliphatic heterocycles. The van der Waals surface area contributed by atoms with Gasteiger partial charge >= 0.3 is 6.03 Å². The summed E-state index contributed by atoms with van der Waals surface area (Å²) < 4.78 is 0. The van der Waals surface area contributed by atoms with Crippen molar-refractivity contribution in [2.75, 3.05) is 26.2 Å². The minimum Gasteiger partial charge on any atom is -0.396 e. The van der Waals surface area contributed by atoms with Gasteiger partial charge in [0.2, 0.25) is 0 Å². The number of aromatic nitrogens is 1. The van der Waals surface area contributed by atoms with Crippen LogP contribution in [-0.2, 0) is 6.54 Å². The topological polar surface area (TPSA) is 68.7 Å². The summed E-state index contributed by atoms with van der Waals surface area (Å²) in [6.07, 6.45) is 7.72. The Balaban J connectivity index is 1.44. The van der Waals surface area contributed by atoms with Crippen LogP contribution in [0.2, 0.25) is 0 Å². The lowest BCUT2D eigenvalue weighted by molar-refractivity contribution is 0.123. The number of nitrogens with one attached hydrogen (secondary N) is 1. The van der Waals surface area contributed by atoms with Gasteiger partial charge in [-0.05, 0) is 50.7 Å². The molecule has 25 heavy (non-hydrogen) atoms. The standard InChI is InChI=1S/C19H30N4O2/c24-14-9-18-6-2-4-11-23(18)19(25)21-16-7-12-22(13-8-16)15-17-5-1-3-10-20-17/h1,3,5,10,16,18,24H,2,4,6-9,11-15H2,(H,21,25). The maximum Gasteiger partial charge on any atom is 0.317 e. The third-order valence-corrected chi connectivity index (χ3v) is 5.38. The number of hydrogen-bond donors (Lipinski definition) is 2. The molecule has 2 saturated heterocycles. The molecule has 1 unspecified atom stereocenters. The van der Waals surface area contributed by atoms with Crippen LogP contribution in [-0.4, -0.2) is 64.2 Å². The van der Waals surface area contributed by atoms with Crippen LogP contribution in [0.15, 0.2) is 24.4 Å². The van der Waals surface area contributed by atoms with Gasteiger partial charge in [0.15, 0.2) is 0 Å². The van der Waals surface area contributed by atoms with Gasteiger partial charge in [0.25, 0.3) is 0 Å². The van der Waals surface area contributed by atoms with E-state index in [9.17, 15) is 9.90 Å². The van der Waals surface area contributed by atoms with Crippen LogP contribution in [0.25, 0.3) is 0 Å². The zero-order valence-corrected chi connectivity index (χ0v) is 14.9. The van der Waals surface area contributed by atoms with Gasteiger partial charge in [-0.3, -0.25) is 9.88 Å². The summed E-state index contributed by atoms with van der Waals surface area (Å²) in [5.74, 6) is 0. The summed E-state index contributed by atoms with van der Waals surface area (Å²) in [5.41, 5.74) is 1.10. The van der Waals surface area contributed by atoms with Crippen LogP contribution in [0.1, 0.15) is 44.2 Å². The molecule has 1 aromatic rings. The quantitative estimate of drug-likeness (QED) is 0.856. The fourth-order valence-electron chi connectivity index (χ4n) is 3.93. The van der Waals surface area contributed by atoms with Crippen molar-refractivity contribution in [3.63, 3.8) is 0 Å². The molecule has 2 aliphatic rings. The van der Waals surface area contributed by atoms with E-state index in [-0.39, 0.29) is 24.7 Å². The van der Waals surface area contributed by atoms with E-state index < -0.39 is 0 Å². The summed E-state index contributed by atoms with van der Waals surface area (Å²) >= 11 is 0. The minimum absolute atomic E-state index is 0.0568. The van der Waals surface area contributed by atoms with E-state index in [1.54, 1.807) is 0 Å². The molecule has 0 aliphatic carbocycles. The first-order valence-electron chi connectivity index (χ1n) is 9.56. The molecule has 2 fully saturated rings. The lowest BCUT2D eigenvalue weighted by Crippen LogP contribution is -2.53. The second kappa shape index (κ2) is 9.15. The Morgan fingerprint density at radius 3 is 2.76 bits per heavy atom. The Bertz CT molecular complexity index is 529.